The summed E-state index contributed by atoms with van der Waals surface area (Å²) < 4.78 is 5.31. The van der Waals surface area contributed by atoms with E-state index in [-0.39, 0.29) is 11.4 Å². The van der Waals surface area contributed by atoms with Gasteiger partial charge in [-0.25, -0.2) is 4.79 Å². The fourth-order valence-corrected chi connectivity index (χ4v) is 2.92. The van der Waals surface area contributed by atoms with Crippen molar-refractivity contribution in [1.29, 1.82) is 0 Å². The van der Waals surface area contributed by atoms with Crippen molar-refractivity contribution >= 4 is 22.2 Å². The monoisotopic (exact) mass is 241 g/mol. The lowest BCUT2D eigenvalue weighted by atomic mass is 9.90. The van der Waals surface area contributed by atoms with Crippen LogP contribution in [0.15, 0.2) is 33.5 Å². The third-order valence-corrected chi connectivity index (χ3v) is 3.73. The number of benzene rings is 1. The predicted octanol–water partition coefficient (Wildman–Crippen LogP) is 2.11. The van der Waals surface area contributed by atoms with E-state index in [0.29, 0.717) is 16.7 Å². The van der Waals surface area contributed by atoms with Gasteiger partial charge in [0, 0.05) is 18.7 Å². The van der Waals surface area contributed by atoms with Gasteiger partial charge in [0.25, 0.3) is 0 Å². The molecule has 0 fully saturated rings. The van der Waals surface area contributed by atoms with Crippen molar-refractivity contribution in [3.63, 3.8) is 0 Å². The Labute approximate surface area is 103 Å². The van der Waals surface area contributed by atoms with Gasteiger partial charge in [-0.3, -0.25) is 0 Å². The molecule has 1 N–H and O–H groups in total. The van der Waals surface area contributed by atoms with E-state index in [4.69, 9.17) is 4.42 Å². The number of phenolic OH excluding ortho intramolecular Hbond substituents is 1. The molecule has 1 aromatic carbocycles. The van der Waals surface area contributed by atoms with Crippen LogP contribution in [-0.4, -0.2) is 18.2 Å². The van der Waals surface area contributed by atoms with Crippen molar-refractivity contribution in [2.24, 2.45) is 0 Å². The van der Waals surface area contributed by atoms with E-state index in [1.54, 1.807) is 18.2 Å². The topological polar surface area (TPSA) is 53.7 Å². The largest absolute Gasteiger partial charge is 0.507 e. The summed E-state index contributed by atoms with van der Waals surface area (Å²) in [7, 11) is 0. The van der Waals surface area contributed by atoms with Crippen LogP contribution in [0.2, 0.25) is 0 Å². The lowest BCUT2D eigenvalue weighted by Crippen LogP contribution is -2.37. The fourth-order valence-electron chi connectivity index (χ4n) is 2.92. The SMILES string of the molecule is O=c1oc2cccc(O)c2c2c1N1CC=C2CC1. The van der Waals surface area contributed by atoms with Gasteiger partial charge in [0.05, 0.1) is 5.39 Å². The first kappa shape index (κ1) is 9.76. The van der Waals surface area contributed by atoms with E-state index >= 15 is 0 Å². The smallest absolute Gasteiger partial charge is 0.360 e. The number of anilines is 1. The van der Waals surface area contributed by atoms with E-state index in [1.807, 2.05) is 4.90 Å². The molecule has 5 rings (SSSR count). The van der Waals surface area contributed by atoms with Gasteiger partial charge in [0.1, 0.15) is 17.0 Å². The quantitative estimate of drug-likeness (QED) is 0.718. The van der Waals surface area contributed by atoms with Gasteiger partial charge in [0.15, 0.2) is 0 Å². The summed E-state index contributed by atoms with van der Waals surface area (Å²) in [4.78, 5) is 14.1. The molecule has 0 unspecified atom stereocenters. The maximum atomic E-state index is 12.1. The average Bonchev–Trinajstić information content (AvgIpc) is 2.39. The second kappa shape index (κ2) is 3.16. The molecule has 2 aromatic rings. The van der Waals surface area contributed by atoms with Crippen molar-refractivity contribution in [2.45, 2.75) is 6.42 Å². The summed E-state index contributed by atoms with van der Waals surface area (Å²) in [5.41, 5.74) is 2.75. The minimum Gasteiger partial charge on any atom is -0.507 e. The first-order valence-corrected chi connectivity index (χ1v) is 5.99. The lowest BCUT2D eigenvalue weighted by molar-refractivity contribution is 0.478. The van der Waals surface area contributed by atoms with Gasteiger partial charge in [-0.05, 0) is 24.1 Å². The summed E-state index contributed by atoms with van der Waals surface area (Å²) >= 11 is 0. The van der Waals surface area contributed by atoms with Crippen LogP contribution in [0.3, 0.4) is 0 Å². The Hall–Kier alpha value is -2.23. The highest BCUT2D eigenvalue weighted by Crippen LogP contribution is 2.42. The molecule has 4 nitrogen and oxygen atoms in total. The Morgan fingerprint density at radius 3 is 3.00 bits per heavy atom. The van der Waals surface area contributed by atoms with E-state index in [9.17, 15) is 9.90 Å². The molecule has 1 aromatic heterocycles. The van der Waals surface area contributed by atoms with Gasteiger partial charge in [-0.2, -0.15) is 0 Å². The molecule has 0 atom stereocenters. The van der Waals surface area contributed by atoms with Crippen molar-refractivity contribution in [1.82, 2.24) is 0 Å². The predicted molar refractivity (Wildman–Crippen MR) is 69.0 cm³/mol. The highest BCUT2D eigenvalue weighted by Gasteiger charge is 2.31. The standard InChI is InChI=1S/C14H11NO3/c16-9-2-1-3-10-12(9)11-8-4-6-15(7-5-8)13(11)14(17)18-10/h1-4,16H,5-7H2. The Kier molecular flexibility index (Phi) is 1.71. The first-order chi connectivity index (χ1) is 8.75. The molecule has 0 saturated carbocycles. The zero-order valence-corrected chi connectivity index (χ0v) is 9.64. The number of nitrogens with zero attached hydrogens (tertiary/aromatic N) is 1. The van der Waals surface area contributed by atoms with Gasteiger partial charge in [-0.15, -0.1) is 0 Å². The molecular formula is C14H11NO3. The minimum atomic E-state index is -0.312. The molecule has 4 heterocycles. The summed E-state index contributed by atoms with van der Waals surface area (Å²) in [5, 5.41) is 10.7. The third kappa shape index (κ3) is 1.07. The van der Waals surface area contributed by atoms with Crippen LogP contribution in [-0.2, 0) is 0 Å². The van der Waals surface area contributed by atoms with Crippen molar-refractivity contribution < 1.29 is 9.52 Å². The Morgan fingerprint density at radius 2 is 2.22 bits per heavy atom. The van der Waals surface area contributed by atoms with Gasteiger partial charge >= 0.3 is 5.63 Å². The Morgan fingerprint density at radius 1 is 1.33 bits per heavy atom. The van der Waals surface area contributed by atoms with Crippen LogP contribution in [0.1, 0.15) is 12.0 Å². The first-order valence-electron chi connectivity index (χ1n) is 5.99. The molecule has 90 valence electrons. The second-order valence-electron chi connectivity index (χ2n) is 4.69. The molecule has 0 amide bonds. The molecule has 4 heteroatoms. The highest BCUT2D eigenvalue weighted by molar-refractivity contribution is 6.01. The molecule has 0 saturated heterocycles. The molecule has 2 bridgehead atoms. The lowest BCUT2D eigenvalue weighted by Gasteiger charge is -2.35. The average molecular weight is 241 g/mol. The number of hydrogen-bond acceptors (Lipinski definition) is 4. The van der Waals surface area contributed by atoms with Gasteiger partial charge < -0.3 is 14.4 Å². The maximum absolute atomic E-state index is 12.1. The van der Waals surface area contributed by atoms with E-state index in [0.717, 1.165) is 30.6 Å². The summed E-state index contributed by atoms with van der Waals surface area (Å²) in [5.74, 6) is 0.169. The number of hydrogen-bond donors (Lipinski definition) is 1. The van der Waals surface area contributed by atoms with Gasteiger partial charge in [0.2, 0.25) is 0 Å². The fraction of sp³-hybridized carbons (Fsp3) is 0.214. The van der Waals surface area contributed by atoms with Crippen LogP contribution < -0.4 is 10.5 Å². The molecular weight excluding hydrogens is 230 g/mol. The normalized spacial score (nSPS) is 16.9. The summed E-state index contributed by atoms with van der Waals surface area (Å²) in [6.07, 6.45) is 3.04. The number of phenols is 1. The molecule has 0 spiro atoms. The van der Waals surface area contributed by atoms with Crippen LogP contribution in [0, 0.1) is 0 Å². The zero-order chi connectivity index (χ0) is 12.3. The number of rotatable bonds is 0. The molecule has 3 aliphatic heterocycles. The highest BCUT2D eigenvalue weighted by atomic mass is 16.4. The second-order valence-corrected chi connectivity index (χ2v) is 4.69. The number of aromatic hydroxyl groups is 1. The van der Waals surface area contributed by atoms with Gasteiger partial charge in [-0.1, -0.05) is 12.1 Å². The Bertz CT molecular complexity index is 757. The van der Waals surface area contributed by atoms with Crippen LogP contribution in [0.25, 0.3) is 16.5 Å². The van der Waals surface area contributed by atoms with E-state index in [1.165, 1.54) is 0 Å². The Balaban J connectivity index is 2.26. The third-order valence-electron chi connectivity index (χ3n) is 3.73. The van der Waals surface area contributed by atoms with E-state index < -0.39 is 0 Å². The minimum absolute atomic E-state index is 0.169. The zero-order valence-electron chi connectivity index (χ0n) is 9.64. The molecule has 3 aliphatic rings. The molecule has 18 heavy (non-hydrogen) atoms. The van der Waals surface area contributed by atoms with Crippen LogP contribution >= 0.6 is 0 Å². The number of fused-ring (bicyclic) bond motifs is 3. The van der Waals surface area contributed by atoms with Crippen LogP contribution in [0.4, 0.5) is 5.69 Å². The molecule has 0 radical (unpaired) electrons. The molecule has 0 aliphatic carbocycles. The van der Waals surface area contributed by atoms with Crippen LogP contribution in [0.5, 0.6) is 5.75 Å². The summed E-state index contributed by atoms with van der Waals surface area (Å²) in [6.45, 7) is 1.61. The van der Waals surface area contributed by atoms with Crippen molar-refractivity contribution in [3.05, 3.63) is 40.3 Å². The van der Waals surface area contributed by atoms with E-state index in [2.05, 4.69) is 6.08 Å². The van der Waals surface area contributed by atoms with Crippen molar-refractivity contribution in [3.8, 4) is 5.75 Å². The van der Waals surface area contributed by atoms with Crippen molar-refractivity contribution in [2.75, 3.05) is 18.0 Å². The summed E-state index contributed by atoms with van der Waals surface area (Å²) in [6, 6.07) is 5.03. The maximum Gasteiger partial charge on any atom is 0.360 e.